The lowest BCUT2D eigenvalue weighted by Crippen LogP contribution is -2.17. The standard InChI is InChI=1S/C17H17F3O/c1-12(2)16(13-6-4-3-5-7-13)14-8-10-15(11-9-14)21-17(18,19)20/h3-12,16H,1-2H3. The van der Waals surface area contributed by atoms with Gasteiger partial charge in [0.1, 0.15) is 5.75 Å². The molecule has 0 spiro atoms. The zero-order chi connectivity index (χ0) is 15.5. The van der Waals surface area contributed by atoms with E-state index in [1.807, 2.05) is 30.3 Å². The minimum absolute atomic E-state index is 0.145. The monoisotopic (exact) mass is 294 g/mol. The molecule has 1 atom stereocenters. The van der Waals surface area contributed by atoms with E-state index in [-0.39, 0.29) is 11.7 Å². The molecule has 2 aromatic carbocycles. The Hall–Kier alpha value is -1.97. The van der Waals surface area contributed by atoms with E-state index >= 15 is 0 Å². The van der Waals surface area contributed by atoms with Crippen molar-refractivity contribution in [3.63, 3.8) is 0 Å². The van der Waals surface area contributed by atoms with E-state index in [9.17, 15) is 13.2 Å². The Balaban J connectivity index is 2.26. The lowest BCUT2D eigenvalue weighted by atomic mass is 9.83. The molecule has 0 N–H and O–H groups in total. The largest absolute Gasteiger partial charge is 0.573 e. The molecule has 21 heavy (non-hydrogen) atoms. The van der Waals surface area contributed by atoms with Gasteiger partial charge in [-0.3, -0.25) is 0 Å². The third kappa shape index (κ3) is 4.25. The maximum atomic E-state index is 12.2. The Morgan fingerprint density at radius 3 is 1.81 bits per heavy atom. The van der Waals surface area contributed by atoms with Gasteiger partial charge in [-0.05, 0) is 29.2 Å². The van der Waals surface area contributed by atoms with Crippen LogP contribution >= 0.6 is 0 Å². The average molecular weight is 294 g/mol. The molecule has 0 radical (unpaired) electrons. The predicted octanol–water partition coefficient (Wildman–Crippen LogP) is 5.37. The smallest absolute Gasteiger partial charge is 0.406 e. The molecule has 0 amide bonds. The summed E-state index contributed by atoms with van der Waals surface area (Å²) in [6, 6.07) is 16.0. The Morgan fingerprint density at radius 2 is 1.33 bits per heavy atom. The summed E-state index contributed by atoms with van der Waals surface area (Å²) in [6.45, 7) is 4.19. The van der Waals surface area contributed by atoms with Crippen LogP contribution < -0.4 is 4.74 Å². The third-order valence-electron chi connectivity index (χ3n) is 3.30. The van der Waals surface area contributed by atoms with Gasteiger partial charge in [0.15, 0.2) is 0 Å². The second kappa shape index (κ2) is 6.20. The van der Waals surface area contributed by atoms with Crippen LogP contribution in [0.2, 0.25) is 0 Å². The SMILES string of the molecule is CC(C)C(c1ccccc1)c1ccc(OC(F)(F)F)cc1. The number of hydrogen-bond donors (Lipinski definition) is 0. The molecule has 1 unspecified atom stereocenters. The van der Waals surface area contributed by atoms with Crippen molar-refractivity contribution in [3.8, 4) is 5.75 Å². The maximum absolute atomic E-state index is 12.2. The van der Waals surface area contributed by atoms with Crippen molar-refractivity contribution in [3.05, 3.63) is 65.7 Å². The van der Waals surface area contributed by atoms with Crippen molar-refractivity contribution < 1.29 is 17.9 Å². The van der Waals surface area contributed by atoms with E-state index in [0.29, 0.717) is 5.92 Å². The van der Waals surface area contributed by atoms with Gasteiger partial charge in [0, 0.05) is 5.92 Å². The van der Waals surface area contributed by atoms with Crippen LogP contribution in [-0.2, 0) is 0 Å². The van der Waals surface area contributed by atoms with Crippen LogP contribution in [0.15, 0.2) is 54.6 Å². The quantitative estimate of drug-likeness (QED) is 0.736. The Bertz CT molecular complexity index is 559. The van der Waals surface area contributed by atoms with Gasteiger partial charge in [-0.2, -0.15) is 0 Å². The highest BCUT2D eigenvalue weighted by Crippen LogP contribution is 2.33. The summed E-state index contributed by atoms with van der Waals surface area (Å²) in [4.78, 5) is 0. The van der Waals surface area contributed by atoms with Crippen molar-refractivity contribution in [1.82, 2.24) is 0 Å². The second-order valence-corrected chi connectivity index (χ2v) is 5.25. The molecular formula is C17H17F3O. The van der Waals surface area contributed by atoms with Gasteiger partial charge in [-0.1, -0.05) is 56.3 Å². The highest BCUT2D eigenvalue weighted by Gasteiger charge is 2.31. The molecule has 0 aliphatic rings. The molecule has 4 heteroatoms. The fourth-order valence-corrected chi connectivity index (χ4v) is 2.50. The number of hydrogen-bond acceptors (Lipinski definition) is 1. The van der Waals surface area contributed by atoms with Gasteiger partial charge >= 0.3 is 6.36 Å². The van der Waals surface area contributed by atoms with Crippen molar-refractivity contribution in [2.45, 2.75) is 26.1 Å². The van der Waals surface area contributed by atoms with Crippen molar-refractivity contribution in [1.29, 1.82) is 0 Å². The molecular weight excluding hydrogens is 277 g/mol. The topological polar surface area (TPSA) is 9.23 Å². The third-order valence-corrected chi connectivity index (χ3v) is 3.30. The van der Waals surface area contributed by atoms with Crippen LogP contribution in [0.1, 0.15) is 30.9 Å². The second-order valence-electron chi connectivity index (χ2n) is 5.25. The van der Waals surface area contributed by atoms with Gasteiger partial charge in [0.25, 0.3) is 0 Å². The van der Waals surface area contributed by atoms with Crippen LogP contribution in [0, 0.1) is 5.92 Å². The lowest BCUT2D eigenvalue weighted by Gasteiger charge is -2.22. The van der Waals surface area contributed by atoms with Crippen molar-refractivity contribution in [2.75, 3.05) is 0 Å². The molecule has 0 aromatic heterocycles. The molecule has 0 saturated heterocycles. The van der Waals surface area contributed by atoms with E-state index in [1.165, 1.54) is 12.1 Å². The van der Waals surface area contributed by atoms with Crippen LogP contribution in [0.3, 0.4) is 0 Å². The Labute approximate surface area is 122 Å². The first kappa shape index (κ1) is 15.4. The molecule has 0 fully saturated rings. The fraction of sp³-hybridized carbons (Fsp3) is 0.294. The van der Waals surface area contributed by atoms with Crippen LogP contribution in [0.5, 0.6) is 5.75 Å². The van der Waals surface area contributed by atoms with Gasteiger partial charge in [-0.15, -0.1) is 13.2 Å². The first-order valence-electron chi connectivity index (χ1n) is 6.77. The van der Waals surface area contributed by atoms with E-state index < -0.39 is 6.36 Å². The van der Waals surface area contributed by atoms with Gasteiger partial charge in [0.05, 0.1) is 0 Å². The summed E-state index contributed by atoms with van der Waals surface area (Å²) in [7, 11) is 0. The Kier molecular flexibility index (Phi) is 4.56. The molecule has 2 aromatic rings. The summed E-state index contributed by atoms with van der Waals surface area (Å²) in [5.41, 5.74) is 2.13. The summed E-state index contributed by atoms with van der Waals surface area (Å²) < 4.78 is 40.4. The zero-order valence-corrected chi connectivity index (χ0v) is 11.9. The molecule has 0 bridgehead atoms. The summed E-state index contributed by atoms with van der Waals surface area (Å²) in [6.07, 6.45) is -4.65. The lowest BCUT2D eigenvalue weighted by molar-refractivity contribution is -0.274. The van der Waals surface area contributed by atoms with Crippen LogP contribution in [0.25, 0.3) is 0 Å². The van der Waals surface area contributed by atoms with Crippen LogP contribution in [-0.4, -0.2) is 6.36 Å². The van der Waals surface area contributed by atoms with E-state index in [1.54, 1.807) is 12.1 Å². The van der Waals surface area contributed by atoms with Gasteiger partial charge in [-0.25, -0.2) is 0 Å². The van der Waals surface area contributed by atoms with Gasteiger partial charge in [0.2, 0.25) is 0 Å². The fourth-order valence-electron chi connectivity index (χ4n) is 2.50. The van der Waals surface area contributed by atoms with Crippen molar-refractivity contribution >= 4 is 0 Å². The van der Waals surface area contributed by atoms with E-state index in [4.69, 9.17) is 0 Å². The minimum Gasteiger partial charge on any atom is -0.406 e. The molecule has 1 nitrogen and oxygen atoms in total. The summed E-state index contributed by atoms with van der Waals surface area (Å²) in [5.74, 6) is 0.287. The van der Waals surface area contributed by atoms with Crippen LogP contribution in [0.4, 0.5) is 13.2 Å². The van der Waals surface area contributed by atoms with E-state index in [0.717, 1.165) is 11.1 Å². The summed E-state index contributed by atoms with van der Waals surface area (Å²) >= 11 is 0. The highest BCUT2D eigenvalue weighted by molar-refractivity contribution is 5.36. The maximum Gasteiger partial charge on any atom is 0.573 e. The zero-order valence-electron chi connectivity index (χ0n) is 11.9. The predicted molar refractivity (Wildman–Crippen MR) is 76.2 cm³/mol. The number of alkyl halides is 3. The van der Waals surface area contributed by atoms with Gasteiger partial charge < -0.3 is 4.74 Å². The minimum atomic E-state index is -4.65. The summed E-state index contributed by atoms with van der Waals surface area (Å²) in [5, 5.41) is 0. The number of halogens is 3. The highest BCUT2D eigenvalue weighted by atomic mass is 19.4. The first-order chi connectivity index (χ1) is 9.87. The number of ether oxygens (including phenoxy) is 1. The molecule has 0 heterocycles. The normalized spacial score (nSPS) is 13.2. The first-order valence-corrected chi connectivity index (χ1v) is 6.77. The molecule has 0 aliphatic carbocycles. The molecule has 112 valence electrons. The number of benzene rings is 2. The Morgan fingerprint density at radius 1 is 0.810 bits per heavy atom. The molecule has 0 aliphatic heterocycles. The van der Waals surface area contributed by atoms with Crippen molar-refractivity contribution in [2.24, 2.45) is 5.92 Å². The number of rotatable bonds is 4. The molecule has 2 rings (SSSR count). The van der Waals surface area contributed by atoms with E-state index in [2.05, 4.69) is 18.6 Å². The average Bonchev–Trinajstić information content (AvgIpc) is 2.40. The molecule has 0 saturated carbocycles.